The van der Waals surface area contributed by atoms with Crippen molar-refractivity contribution in [3.05, 3.63) is 22.6 Å². The molecule has 0 unspecified atom stereocenters. The average Bonchev–Trinajstić information content (AvgIpc) is 2.80. The van der Waals surface area contributed by atoms with Crippen LogP contribution in [-0.2, 0) is 4.74 Å². The summed E-state index contributed by atoms with van der Waals surface area (Å²) in [6.45, 7) is 1.65. The molecule has 1 N–H and O–H groups in total. The van der Waals surface area contributed by atoms with E-state index in [1.807, 2.05) is 4.90 Å². The van der Waals surface area contributed by atoms with Crippen LogP contribution in [0.25, 0.3) is 5.65 Å². The SMILES string of the molecule is COCCN(CCC#N)c1ccc2n[nH]c(=O)n2n1. The van der Waals surface area contributed by atoms with Crippen LogP contribution in [0.4, 0.5) is 5.82 Å². The van der Waals surface area contributed by atoms with Gasteiger partial charge in [0.15, 0.2) is 5.65 Å². The zero-order valence-corrected chi connectivity index (χ0v) is 10.5. The zero-order chi connectivity index (χ0) is 13.7. The van der Waals surface area contributed by atoms with E-state index in [-0.39, 0.29) is 5.69 Å². The molecule has 8 heteroatoms. The normalized spacial score (nSPS) is 10.5. The second-order valence-electron chi connectivity index (χ2n) is 3.88. The summed E-state index contributed by atoms with van der Waals surface area (Å²) >= 11 is 0. The van der Waals surface area contributed by atoms with E-state index in [2.05, 4.69) is 21.4 Å². The Balaban J connectivity index is 2.29. The third-order valence-corrected chi connectivity index (χ3v) is 2.64. The lowest BCUT2D eigenvalue weighted by atomic mass is 10.3. The minimum absolute atomic E-state index is 0.379. The Labute approximate surface area is 109 Å². The number of hydrogen-bond acceptors (Lipinski definition) is 6. The maximum absolute atomic E-state index is 11.5. The van der Waals surface area contributed by atoms with Crippen LogP contribution in [0.1, 0.15) is 6.42 Å². The summed E-state index contributed by atoms with van der Waals surface area (Å²) in [5, 5.41) is 19.0. The number of nitriles is 1. The van der Waals surface area contributed by atoms with Crippen molar-refractivity contribution < 1.29 is 4.74 Å². The highest BCUT2D eigenvalue weighted by atomic mass is 16.5. The fourth-order valence-electron chi connectivity index (χ4n) is 1.69. The van der Waals surface area contributed by atoms with Crippen molar-refractivity contribution in [2.24, 2.45) is 0 Å². The van der Waals surface area contributed by atoms with Crippen LogP contribution in [0, 0.1) is 11.3 Å². The lowest BCUT2D eigenvalue weighted by Gasteiger charge is -2.21. The molecule has 0 radical (unpaired) electrons. The van der Waals surface area contributed by atoms with E-state index in [1.54, 1.807) is 19.2 Å². The maximum atomic E-state index is 11.5. The van der Waals surface area contributed by atoms with Crippen LogP contribution in [0.3, 0.4) is 0 Å². The molecule has 0 aliphatic carbocycles. The third kappa shape index (κ3) is 2.89. The summed E-state index contributed by atoms with van der Waals surface area (Å²) in [6, 6.07) is 5.56. The van der Waals surface area contributed by atoms with Crippen molar-refractivity contribution in [3.63, 3.8) is 0 Å². The number of nitrogens with one attached hydrogen (secondary N) is 1. The second kappa shape index (κ2) is 5.97. The molecule has 0 aromatic carbocycles. The Hall–Kier alpha value is -2.40. The van der Waals surface area contributed by atoms with Crippen LogP contribution in [0.15, 0.2) is 16.9 Å². The van der Waals surface area contributed by atoms with Gasteiger partial charge in [-0.05, 0) is 12.1 Å². The zero-order valence-electron chi connectivity index (χ0n) is 10.5. The first-order valence-electron chi connectivity index (χ1n) is 5.81. The molecule has 19 heavy (non-hydrogen) atoms. The highest BCUT2D eigenvalue weighted by molar-refractivity contribution is 5.45. The van der Waals surface area contributed by atoms with Crippen molar-refractivity contribution in [3.8, 4) is 6.07 Å². The van der Waals surface area contributed by atoms with Crippen LogP contribution in [0.2, 0.25) is 0 Å². The molecule has 2 rings (SSSR count). The van der Waals surface area contributed by atoms with Crippen molar-refractivity contribution >= 4 is 11.5 Å². The van der Waals surface area contributed by atoms with Crippen LogP contribution in [0.5, 0.6) is 0 Å². The Kier molecular flexibility index (Phi) is 4.10. The number of anilines is 1. The molecule has 2 aromatic rings. The van der Waals surface area contributed by atoms with Crippen molar-refractivity contribution in [2.75, 3.05) is 31.7 Å². The summed E-state index contributed by atoms with van der Waals surface area (Å²) in [6.07, 6.45) is 0.379. The van der Waals surface area contributed by atoms with Gasteiger partial charge in [-0.3, -0.25) is 0 Å². The molecule has 0 aliphatic heterocycles. The van der Waals surface area contributed by atoms with Gasteiger partial charge in [0.05, 0.1) is 19.1 Å². The number of methoxy groups -OCH3 is 1. The topological polar surface area (TPSA) is 99.3 Å². The van der Waals surface area contributed by atoms with Gasteiger partial charge in [0.2, 0.25) is 0 Å². The van der Waals surface area contributed by atoms with Crippen LogP contribution < -0.4 is 10.6 Å². The quantitative estimate of drug-likeness (QED) is 0.773. The Morgan fingerprint density at radius 1 is 1.53 bits per heavy atom. The van der Waals surface area contributed by atoms with Gasteiger partial charge in [-0.2, -0.15) is 14.9 Å². The van der Waals surface area contributed by atoms with Crippen molar-refractivity contribution in [1.29, 1.82) is 5.26 Å². The van der Waals surface area contributed by atoms with E-state index in [0.29, 0.717) is 37.6 Å². The molecule has 0 aliphatic rings. The second-order valence-corrected chi connectivity index (χ2v) is 3.88. The standard InChI is InChI=1S/C11H14N6O2/c1-19-8-7-16(6-2-5-12)10-4-3-9-13-14-11(18)17(9)15-10/h3-4H,2,6-8H2,1H3,(H,14,18). The first-order valence-corrected chi connectivity index (χ1v) is 5.81. The average molecular weight is 262 g/mol. The summed E-state index contributed by atoms with van der Waals surface area (Å²) in [5.74, 6) is 0.614. The summed E-state index contributed by atoms with van der Waals surface area (Å²) < 4.78 is 6.23. The smallest absolute Gasteiger partial charge is 0.364 e. The predicted molar refractivity (Wildman–Crippen MR) is 67.9 cm³/mol. The largest absolute Gasteiger partial charge is 0.383 e. The number of H-pyrrole nitrogens is 1. The molecule has 0 atom stereocenters. The fourth-order valence-corrected chi connectivity index (χ4v) is 1.69. The van der Waals surface area contributed by atoms with E-state index in [1.165, 1.54) is 4.52 Å². The van der Waals surface area contributed by atoms with Gasteiger partial charge in [-0.25, -0.2) is 9.89 Å². The maximum Gasteiger partial charge on any atom is 0.364 e. The van der Waals surface area contributed by atoms with Gasteiger partial charge in [0.1, 0.15) is 5.82 Å². The van der Waals surface area contributed by atoms with Gasteiger partial charge in [0.25, 0.3) is 0 Å². The van der Waals surface area contributed by atoms with Gasteiger partial charge in [0, 0.05) is 20.2 Å². The first kappa shape index (κ1) is 13.0. The van der Waals surface area contributed by atoms with Crippen LogP contribution >= 0.6 is 0 Å². The molecule has 0 saturated heterocycles. The molecule has 2 aromatic heterocycles. The number of ether oxygens (including phenoxy) is 1. The first-order chi connectivity index (χ1) is 9.26. The summed E-state index contributed by atoms with van der Waals surface area (Å²) in [7, 11) is 1.61. The molecular weight excluding hydrogens is 248 g/mol. The number of hydrogen-bond donors (Lipinski definition) is 1. The lowest BCUT2D eigenvalue weighted by Crippen LogP contribution is -2.30. The molecule has 0 saturated carbocycles. The summed E-state index contributed by atoms with van der Waals surface area (Å²) in [5.41, 5.74) is 0.0737. The highest BCUT2D eigenvalue weighted by Gasteiger charge is 2.10. The number of nitrogens with zero attached hydrogens (tertiary/aromatic N) is 5. The van der Waals surface area contributed by atoms with Gasteiger partial charge in [-0.1, -0.05) is 0 Å². The highest BCUT2D eigenvalue weighted by Crippen LogP contribution is 2.10. The van der Waals surface area contributed by atoms with Crippen molar-refractivity contribution in [1.82, 2.24) is 19.8 Å². The van der Waals surface area contributed by atoms with E-state index in [9.17, 15) is 4.79 Å². The van der Waals surface area contributed by atoms with E-state index in [4.69, 9.17) is 10.00 Å². The van der Waals surface area contributed by atoms with E-state index < -0.39 is 0 Å². The molecule has 0 bridgehead atoms. The minimum atomic E-state index is -0.385. The Morgan fingerprint density at radius 3 is 3.11 bits per heavy atom. The monoisotopic (exact) mass is 262 g/mol. The van der Waals surface area contributed by atoms with E-state index in [0.717, 1.165) is 0 Å². The minimum Gasteiger partial charge on any atom is -0.383 e. The molecule has 0 spiro atoms. The number of fused-ring (bicyclic) bond motifs is 1. The van der Waals surface area contributed by atoms with Gasteiger partial charge >= 0.3 is 5.69 Å². The third-order valence-electron chi connectivity index (χ3n) is 2.64. The van der Waals surface area contributed by atoms with Gasteiger partial charge in [-0.15, -0.1) is 5.10 Å². The molecule has 100 valence electrons. The molecule has 2 heterocycles. The number of rotatable bonds is 6. The summed E-state index contributed by atoms with van der Waals surface area (Å²) in [4.78, 5) is 13.4. The molecule has 8 nitrogen and oxygen atoms in total. The predicted octanol–water partition coefficient (Wildman–Crippen LogP) is -0.216. The Morgan fingerprint density at radius 2 is 2.37 bits per heavy atom. The Bertz CT molecular complexity index is 640. The van der Waals surface area contributed by atoms with Crippen molar-refractivity contribution in [2.45, 2.75) is 6.42 Å². The van der Waals surface area contributed by atoms with Crippen LogP contribution in [-0.4, -0.2) is 46.6 Å². The molecular formula is C11H14N6O2. The van der Waals surface area contributed by atoms with Gasteiger partial charge < -0.3 is 9.64 Å². The fraction of sp³-hybridized carbons (Fsp3) is 0.455. The van der Waals surface area contributed by atoms with E-state index >= 15 is 0 Å². The lowest BCUT2D eigenvalue weighted by molar-refractivity contribution is 0.205. The molecule has 0 amide bonds. The number of aromatic amines is 1. The number of aromatic nitrogens is 4. The molecule has 0 fully saturated rings.